The van der Waals surface area contributed by atoms with Crippen molar-refractivity contribution in [2.45, 2.75) is 31.8 Å². The SMILES string of the molecule is Cc1nc(C2CC2)[nH]c(=O)c1C(=O)N1CCOC(CO)C1. The molecule has 1 amide bonds. The van der Waals surface area contributed by atoms with Crippen LogP contribution in [0.4, 0.5) is 0 Å². The number of carbonyl (C=O) groups is 1. The van der Waals surface area contributed by atoms with Gasteiger partial charge in [-0.15, -0.1) is 0 Å². The molecular formula is C14H19N3O4. The number of nitrogens with one attached hydrogen (secondary N) is 1. The minimum Gasteiger partial charge on any atom is -0.394 e. The number of aromatic amines is 1. The number of aryl methyl sites for hydroxylation is 1. The van der Waals surface area contributed by atoms with Crippen LogP contribution in [0, 0.1) is 6.92 Å². The summed E-state index contributed by atoms with van der Waals surface area (Å²) < 4.78 is 5.32. The molecule has 2 aliphatic rings. The highest BCUT2D eigenvalue weighted by Gasteiger charge is 2.30. The Morgan fingerprint density at radius 1 is 1.52 bits per heavy atom. The maximum absolute atomic E-state index is 12.5. The van der Waals surface area contributed by atoms with Gasteiger partial charge >= 0.3 is 0 Å². The van der Waals surface area contributed by atoms with Gasteiger partial charge in [0, 0.05) is 19.0 Å². The Balaban J connectivity index is 1.85. The summed E-state index contributed by atoms with van der Waals surface area (Å²) in [4.78, 5) is 33.4. The summed E-state index contributed by atoms with van der Waals surface area (Å²) >= 11 is 0. The summed E-state index contributed by atoms with van der Waals surface area (Å²) in [6, 6.07) is 0. The van der Waals surface area contributed by atoms with E-state index >= 15 is 0 Å². The number of aliphatic hydroxyl groups excluding tert-OH is 1. The Morgan fingerprint density at radius 2 is 2.29 bits per heavy atom. The Morgan fingerprint density at radius 3 is 2.90 bits per heavy atom. The zero-order valence-electron chi connectivity index (χ0n) is 12.0. The van der Waals surface area contributed by atoms with E-state index in [1.165, 1.54) is 0 Å². The van der Waals surface area contributed by atoms with Crippen LogP contribution in [-0.2, 0) is 4.74 Å². The van der Waals surface area contributed by atoms with Crippen molar-refractivity contribution in [1.82, 2.24) is 14.9 Å². The van der Waals surface area contributed by atoms with Crippen LogP contribution in [0.2, 0.25) is 0 Å². The van der Waals surface area contributed by atoms with Crippen molar-refractivity contribution in [2.75, 3.05) is 26.3 Å². The number of rotatable bonds is 3. The molecule has 1 aromatic heterocycles. The van der Waals surface area contributed by atoms with Gasteiger partial charge in [0.05, 0.1) is 25.0 Å². The quantitative estimate of drug-likeness (QED) is 0.804. The molecule has 1 aromatic rings. The van der Waals surface area contributed by atoms with Crippen molar-refractivity contribution in [3.63, 3.8) is 0 Å². The number of morpholine rings is 1. The van der Waals surface area contributed by atoms with E-state index in [2.05, 4.69) is 9.97 Å². The average molecular weight is 293 g/mol. The lowest BCUT2D eigenvalue weighted by atomic mass is 10.1. The fourth-order valence-corrected chi connectivity index (χ4v) is 2.58. The maximum atomic E-state index is 12.5. The highest BCUT2D eigenvalue weighted by atomic mass is 16.5. The Kier molecular flexibility index (Phi) is 3.77. The summed E-state index contributed by atoms with van der Waals surface area (Å²) in [6.45, 7) is 2.62. The molecule has 1 saturated heterocycles. The fraction of sp³-hybridized carbons (Fsp3) is 0.643. The largest absolute Gasteiger partial charge is 0.394 e. The number of ether oxygens (including phenoxy) is 1. The number of carbonyl (C=O) groups excluding carboxylic acids is 1. The van der Waals surface area contributed by atoms with E-state index in [0.29, 0.717) is 37.1 Å². The summed E-state index contributed by atoms with van der Waals surface area (Å²) in [5, 5.41) is 9.13. The monoisotopic (exact) mass is 293 g/mol. The number of amides is 1. The third-order valence-corrected chi connectivity index (χ3v) is 3.93. The summed E-state index contributed by atoms with van der Waals surface area (Å²) in [6.07, 6.45) is 1.69. The van der Waals surface area contributed by atoms with Gasteiger partial charge in [-0.2, -0.15) is 0 Å². The third-order valence-electron chi connectivity index (χ3n) is 3.93. The topological polar surface area (TPSA) is 95.5 Å². The molecule has 2 N–H and O–H groups in total. The number of aliphatic hydroxyl groups is 1. The molecule has 1 unspecified atom stereocenters. The van der Waals surface area contributed by atoms with Crippen LogP contribution >= 0.6 is 0 Å². The lowest BCUT2D eigenvalue weighted by Gasteiger charge is -2.32. The molecule has 2 heterocycles. The van der Waals surface area contributed by atoms with E-state index in [0.717, 1.165) is 12.8 Å². The second-order valence-corrected chi connectivity index (χ2v) is 5.61. The van der Waals surface area contributed by atoms with E-state index in [4.69, 9.17) is 9.84 Å². The first-order chi connectivity index (χ1) is 10.1. The average Bonchev–Trinajstić information content (AvgIpc) is 3.31. The number of hydrogen-bond donors (Lipinski definition) is 2. The number of aromatic nitrogens is 2. The van der Waals surface area contributed by atoms with Gasteiger partial charge in [0.25, 0.3) is 11.5 Å². The molecule has 1 saturated carbocycles. The molecule has 21 heavy (non-hydrogen) atoms. The molecule has 2 fully saturated rings. The predicted octanol–water partition coefficient (Wildman–Crippen LogP) is -0.211. The lowest BCUT2D eigenvalue weighted by Crippen LogP contribution is -2.48. The van der Waals surface area contributed by atoms with Crippen LogP contribution in [0.1, 0.15) is 40.6 Å². The van der Waals surface area contributed by atoms with Crippen LogP contribution < -0.4 is 5.56 Å². The standard InChI is InChI=1S/C14H19N3O4/c1-8-11(13(19)16-12(15-8)9-2-3-9)14(20)17-4-5-21-10(6-17)7-18/h9-10,18H,2-7H2,1H3,(H,15,16,19). The summed E-state index contributed by atoms with van der Waals surface area (Å²) in [5.74, 6) is 0.678. The Labute approximate surface area is 121 Å². The summed E-state index contributed by atoms with van der Waals surface area (Å²) in [7, 11) is 0. The van der Waals surface area contributed by atoms with E-state index in [9.17, 15) is 9.59 Å². The molecule has 3 rings (SSSR count). The van der Waals surface area contributed by atoms with Gasteiger partial charge in [-0.3, -0.25) is 9.59 Å². The molecular weight excluding hydrogens is 274 g/mol. The van der Waals surface area contributed by atoms with Crippen molar-refractivity contribution in [2.24, 2.45) is 0 Å². The van der Waals surface area contributed by atoms with Gasteiger partial charge in [0.1, 0.15) is 11.4 Å². The van der Waals surface area contributed by atoms with Crippen LogP contribution in [0.3, 0.4) is 0 Å². The first kappa shape index (κ1) is 14.2. The molecule has 0 aromatic carbocycles. The predicted molar refractivity (Wildman–Crippen MR) is 74.3 cm³/mol. The minimum absolute atomic E-state index is 0.0954. The molecule has 1 aliphatic heterocycles. The zero-order valence-corrected chi connectivity index (χ0v) is 12.0. The highest BCUT2D eigenvalue weighted by Crippen LogP contribution is 2.37. The number of nitrogens with zero attached hydrogens (tertiary/aromatic N) is 2. The Bertz CT molecular complexity index is 609. The van der Waals surface area contributed by atoms with Gasteiger partial charge in [0.2, 0.25) is 0 Å². The molecule has 1 aliphatic carbocycles. The van der Waals surface area contributed by atoms with Gasteiger partial charge < -0.3 is 19.7 Å². The third kappa shape index (κ3) is 2.84. The second kappa shape index (κ2) is 5.57. The molecule has 0 spiro atoms. The summed E-state index contributed by atoms with van der Waals surface area (Å²) in [5.41, 5.74) is 0.192. The van der Waals surface area contributed by atoms with E-state index in [1.807, 2.05) is 0 Å². The molecule has 0 radical (unpaired) electrons. The van der Waals surface area contributed by atoms with E-state index in [1.54, 1.807) is 11.8 Å². The first-order valence-corrected chi connectivity index (χ1v) is 7.22. The van der Waals surface area contributed by atoms with Crippen molar-refractivity contribution in [3.8, 4) is 0 Å². The fourth-order valence-electron chi connectivity index (χ4n) is 2.58. The van der Waals surface area contributed by atoms with Crippen molar-refractivity contribution < 1.29 is 14.6 Å². The smallest absolute Gasteiger partial charge is 0.264 e. The molecule has 7 heteroatoms. The molecule has 0 bridgehead atoms. The van der Waals surface area contributed by atoms with Crippen molar-refractivity contribution in [1.29, 1.82) is 0 Å². The molecule has 1 atom stereocenters. The van der Waals surface area contributed by atoms with Gasteiger partial charge in [0.15, 0.2) is 0 Å². The van der Waals surface area contributed by atoms with Gasteiger partial charge in [-0.05, 0) is 19.8 Å². The number of H-pyrrole nitrogens is 1. The molecule has 7 nitrogen and oxygen atoms in total. The van der Waals surface area contributed by atoms with Crippen molar-refractivity contribution >= 4 is 5.91 Å². The van der Waals surface area contributed by atoms with Crippen LogP contribution in [0.15, 0.2) is 4.79 Å². The first-order valence-electron chi connectivity index (χ1n) is 7.22. The van der Waals surface area contributed by atoms with E-state index in [-0.39, 0.29) is 29.7 Å². The van der Waals surface area contributed by atoms with Crippen molar-refractivity contribution in [3.05, 3.63) is 27.4 Å². The highest BCUT2D eigenvalue weighted by molar-refractivity contribution is 5.94. The van der Waals surface area contributed by atoms with Crippen LogP contribution in [0.5, 0.6) is 0 Å². The lowest BCUT2D eigenvalue weighted by molar-refractivity contribution is -0.0448. The second-order valence-electron chi connectivity index (χ2n) is 5.61. The van der Waals surface area contributed by atoms with Gasteiger partial charge in [-0.25, -0.2) is 4.98 Å². The van der Waals surface area contributed by atoms with Crippen LogP contribution in [0.25, 0.3) is 0 Å². The maximum Gasteiger partial charge on any atom is 0.264 e. The normalized spacial score (nSPS) is 22.4. The zero-order chi connectivity index (χ0) is 15.0. The van der Waals surface area contributed by atoms with Crippen LogP contribution in [-0.4, -0.2) is 58.3 Å². The van der Waals surface area contributed by atoms with Gasteiger partial charge in [-0.1, -0.05) is 0 Å². The Hall–Kier alpha value is -1.73. The molecule has 114 valence electrons. The van der Waals surface area contributed by atoms with E-state index < -0.39 is 0 Å². The number of hydrogen-bond acceptors (Lipinski definition) is 5. The minimum atomic E-state index is -0.388.